The van der Waals surface area contributed by atoms with E-state index in [1.54, 1.807) is 0 Å². The Balaban J connectivity index is 0.00000132. The second-order valence-corrected chi connectivity index (χ2v) is 4.73. The first kappa shape index (κ1) is 19.2. The van der Waals surface area contributed by atoms with E-state index in [-0.39, 0.29) is 41.9 Å². The van der Waals surface area contributed by atoms with Crippen LogP contribution in [-0.4, -0.2) is 28.5 Å². The van der Waals surface area contributed by atoms with Gasteiger partial charge < -0.3 is 10.6 Å². The van der Waals surface area contributed by atoms with Crippen molar-refractivity contribution in [3.8, 4) is 0 Å². The molecule has 2 N–H and O–H groups in total. The minimum absolute atomic E-state index is 0. The normalized spacial score (nSPS) is 17.2. The Labute approximate surface area is 141 Å². The van der Waals surface area contributed by atoms with Crippen LogP contribution >= 0.6 is 24.8 Å². The van der Waals surface area contributed by atoms with E-state index in [2.05, 4.69) is 20.6 Å². The lowest BCUT2D eigenvalue weighted by molar-refractivity contribution is -0.137. The molecule has 1 amide bonds. The van der Waals surface area contributed by atoms with Crippen LogP contribution in [0.2, 0.25) is 0 Å². The van der Waals surface area contributed by atoms with Crippen LogP contribution in [0.25, 0.3) is 10.9 Å². The van der Waals surface area contributed by atoms with Crippen molar-refractivity contribution in [3.63, 3.8) is 0 Å². The van der Waals surface area contributed by atoms with Gasteiger partial charge in [0.15, 0.2) is 0 Å². The molecule has 0 bridgehead atoms. The lowest BCUT2D eigenvalue weighted by Crippen LogP contribution is -2.29. The fraction of sp³-hybridized carbons (Fsp3) is 0.308. The minimum Gasteiger partial charge on any atom is -0.358 e. The molecule has 2 heterocycles. The summed E-state index contributed by atoms with van der Waals surface area (Å²) >= 11 is 0. The first-order valence-corrected chi connectivity index (χ1v) is 6.31. The fourth-order valence-corrected chi connectivity index (χ4v) is 2.24. The molecule has 3 rings (SSSR count). The maximum absolute atomic E-state index is 12.8. The van der Waals surface area contributed by atoms with E-state index in [4.69, 9.17) is 0 Å². The van der Waals surface area contributed by atoms with Crippen molar-refractivity contribution in [1.29, 1.82) is 0 Å². The van der Waals surface area contributed by atoms with Gasteiger partial charge in [0.25, 0.3) is 0 Å². The fourth-order valence-electron chi connectivity index (χ4n) is 2.24. The van der Waals surface area contributed by atoms with Crippen molar-refractivity contribution >= 4 is 47.4 Å². The molecule has 126 valence electrons. The molecule has 1 aromatic heterocycles. The number of hydrogen-bond donors (Lipinski definition) is 2. The van der Waals surface area contributed by atoms with Gasteiger partial charge in [-0.05, 0) is 24.6 Å². The van der Waals surface area contributed by atoms with Crippen molar-refractivity contribution in [2.45, 2.75) is 18.6 Å². The van der Waals surface area contributed by atoms with E-state index in [9.17, 15) is 18.0 Å². The van der Waals surface area contributed by atoms with E-state index in [1.807, 2.05) is 0 Å². The number of hydrogen-bond acceptors (Lipinski definition) is 4. The molecular formula is C13H13Cl2F3N4O. The van der Waals surface area contributed by atoms with Crippen LogP contribution in [0.15, 0.2) is 24.5 Å². The lowest BCUT2D eigenvalue weighted by Gasteiger charge is -2.13. The molecular weight excluding hydrogens is 356 g/mol. The SMILES string of the molecule is Cl.Cl.O=C1NCCC1Nc1ncnc2ccc(C(F)(F)F)cc12. The number of aromatic nitrogens is 2. The van der Waals surface area contributed by atoms with Crippen LogP contribution in [0.3, 0.4) is 0 Å². The summed E-state index contributed by atoms with van der Waals surface area (Å²) in [4.78, 5) is 19.4. The molecule has 0 aliphatic carbocycles. The molecule has 1 saturated heterocycles. The van der Waals surface area contributed by atoms with Crippen molar-refractivity contribution in [2.24, 2.45) is 0 Å². The van der Waals surface area contributed by atoms with Crippen LogP contribution in [0, 0.1) is 0 Å². The number of alkyl halides is 3. The molecule has 0 spiro atoms. The van der Waals surface area contributed by atoms with Gasteiger partial charge in [0.1, 0.15) is 18.2 Å². The number of rotatable bonds is 2. The smallest absolute Gasteiger partial charge is 0.358 e. The quantitative estimate of drug-likeness (QED) is 0.855. The first-order chi connectivity index (χ1) is 9.95. The summed E-state index contributed by atoms with van der Waals surface area (Å²) in [6.45, 7) is 0.535. The molecule has 1 unspecified atom stereocenters. The molecule has 10 heteroatoms. The van der Waals surface area contributed by atoms with Crippen LogP contribution < -0.4 is 10.6 Å². The summed E-state index contributed by atoms with van der Waals surface area (Å²) in [6, 6.07) is 2.77. The Kier molecular flexibility index (Phi) is 6.01. The molecule has 1 aromatic carbocycles. The average Bonchev–Trinajstić information content (AvgIpc) is 2.83. The maximum Gasteiger partial charge on any atom is 0.416 e. The standard InChI is InChI=1S/C13H11F3N4O.2ClH/c14-13(15,16)7-1-2-9-8(5-7)11(19-6-18-9)20-10-3-4-17-12(10)21;;/h1-2,5-6,10H,3-4H2,(H,17,21)(H,18,19,20);2*1H. The number of nitrogens with one attached hydrogen (secondary N) is 2. The largest absolute Gasteiger partial charge is 0.416 e. The Morgan fingerprint density at radius 3 is 2.57 bits per heavy atom. The van der Waals surface area contributed by atoms with Crippen molar-refractivity contribution in [3.05, 3.63) is 30.1 Å². The van der Waals surface area contributed by atoms with E-state index < -0.39 is 17.8 Å². The Morgan fingerprint density at radius 1 is 1.22 bits per heavy atom. The highest BCUT2D eigenvalue weighted by atomic mass is 35.5. The van der Waals surface area contributed by atoms with Crippen LogP contribution in [0.4, 0.5) is 19.0 Å². The molecule has 1 aliphatic rings. The minimum atomic E-state index is -4.44. The third-order valence-corrected chi connectivity index (χ3v) is 3.32. The van der Waals surface area contributed by atoms with Gasteiger partial charge in [-0.3, -0.25) is 4.79 Å². The zero-order valence-electron chi connectivity index (χ0n) is 11.6. The van der Waals surface area contributed by atoms with Gasteiger partial charge in [-0.25, -0.2) is 9.97 Å². The van der Waals surface area contributed by atoms with Crippen LogP contribution in [-0.2, 0) is 11.0 Å². The third-order valence-electron chi connectivity index (χ3n) is 3.32. The molecule has 1 aliphatic heterocycles. The molecule has 0 saturated carbocycles. The number of amides is 1. The summed E-state index contributed by atoms with van der Waals surface area (Å²) in [5.74, 6) is 0.0434. The van der Waals surface area contributed by atoms with E-state index in [0.29, 0.717) is 18.5 Å². The predicted molar refractivity (Wildman–Crippen MR) is 84.1 cm³/mol. The first-order valence-electron chi connectivity index (χ1n) is 6.31. The van der Waals surface area contributed by atoms with E-state index in [0.717, 1.165) is 12.1 Å². The summed E-state index contributed by atoms with van der Waals surface area (Å²) in [5, 5.41) is 5.77. The highest BCUT2D eigenvalue weighted by Crippen LogP contribution is 2.32. The molecule has 1 fully saturated rings. The summed E-state index contributed by atoms with van der Waals surface area (Å²) in [7, 11) is 0. The zero-order chi connectivity index (χ0) is 15.0. The Hall–Kier alpha value is -1.80. The summed E-state index contributed by atoms with van der Waals surface area (Å²) in [6.07, 6.45) is -2.62. The van der Waals surface area contributed by atoms with Crippen molar-refractivity contribution in [2.75, 3.05) is 11.9 Å². The second-order valence-electron chi connectivity index (χ2n) is 4.73. The van der Waals surface area contributed by atoms with Gasteiger partial charge in [-0.2, -0.15) is 13.2 Å². The summed E-state index contributed by atoms with van der Waals surface area (Å²) in [5.41, 5.74) is -0.386. The van der Waals surface area contributed by atoms with Crippen LogP contribution in [0.5, 0.6) is 0 Å². The van der Waals surface area contributed by atoms with Gasteiger partial charge in [0.2, 0.25) is 5.91 Å². The number of halogens is 5. The highest BCUT2D eigenvalue weighted by Gasteiger charge is 2.31. The van der Waals surface area contributed by atoms with Gasteiger partial charge in [-0.1, -0.05) is 0 Å². The van der Waals surface area contributed by atoms with Crippen molar-refractivity contribution < 1.29 is 18.0 Å². The Morgan fingerprint density at radius 2 is 1.96 bits per heavy atom. The average molecular weight is 369 g/mol. The highest BCUT2D eigenvalue weighted by molar-refractivity contribution is 5.93. The monoisotopic (exact) mass is 368 g/mol. The third kappa shape index (κ3) is 3.94. The lowest BCUT2D eigenvalue weighted by atomic mass is 10.1. The molecule has 0 radical (unpaired) electrons. The number of nitrogens with zero attached hydrogens (tertiary/aromatic N) is 2. The molecule has 1 atom stereocenters. The number of anilines is 1. The molecule has 23 heavy (non-hydrogen) atoms. The van der Waals surface area contributed by atoms with Gasteiger partial charge >= 0.3 is 6.18 Å². The number of carbonyl (C=O) groups excluding carboxylic acids is 1. The van der Waals surface area contributed by atoms with Gasteiger partial charge in [0.05, 0.1) is 11.1 Å². The summed E-state index contributed by atoms with van der Waals surface area (Å²) < 4.78 is 38.4. The predicted octanol–water partition coefficient (Wildman–Crippen LogP) is 2.79. The van der Waals surface area contributed by atoms with Crippen LogP contribution in [0.1, 0.15) is 12.0 Å². The Bertz CT molecular complexity index is 711. The van der Waals surface area contributed by atoms with E-state index in [1.165, 1.54) is 12.4 Å². The number of carbonyl (C=O) groups is 1. The maximum atomic E-state index is 12.8. The molecule has 2 aromatic rings. The number of benzene rings is 1. The second kappa shape index (κ2) is 7.18. The zero-order valence-corrected chi connectivity index (χ0v) is 13.2. The van der Waals surface area contributed by atoms with E-state index >= 15 is 0 Å². The van der Waals surface area contributed by atoms with Crippen molar-refractivity contribution in [1.82, 2.24) is 15.3 Å². The molecule has 5 nitrogen and oxygen atoms in total. The van der Waals surface area contributed by atoms with Gasteiger partial charge in [0, 0.05) is 11.9 Å². The number of fused-ring (bicyclic) bond motifs is 1. The van der Waals surface area contributed by atoms with Gasteiger partial charge in [-0.15, -0.1) is 24.8 Å². The topological polar surface area (TPSA) is 66.9 Å².